The van der Waals surface area contributed by atoms with Gasteiger partial charge in [0.2, 0.25) is 0 Å². The fourth-order valence-electron chi connectivity index (χ4n) is 3.54. The van der Waals surface area contributed by atoms with Crippen molar-refractivity contribution in [2.24, 2.45) is 0 Å². The molecule has 1 fully saturated rings. The zero-order valence-electron chi connectivity index (χ0n) is 13.6. The molecule has 5 heteroatoms. The van der Waals surface area contributed by atoms with Gasteiger partial charge in [0.25, 0.3) is 0 Å². The number of fused-ring (bicyclic) bond motifs is 1. The summed E-state index contributed by atoms with van der Waals surface area (Å²) in [5.74, 6) is 0. The number of aryl methyl sites for hydroxylation is 1. The van der Waals surface area contributed by atoms with E-state index in [9.17, 15) is 0 Å². The lowest BCUT2D eigenvalue weighted by atomic mass is 9.98. The Labute approximate surface area is 132 Å². The molecule has 0 aromatic carbocycles. The standard InChI is InChI=1S/C16H28N4S/c1-4-17-13-6-5-7-14-15(13)18-16(21-14)20(3)12-8-10-19(2)11-9-12/h12-13,17H,4-11H2,1-3H3. The third-order valence-electron chi connectivity index (χ3n) is 4.93. The Balaban J connectivity index is 1.74. The number of thiazole rings is 1. The minimum Gasteiger partial charge on any atom is -0.348 e. The third-order valence-corrected chi connectivity index (χ3v) is 6.15. The van der Waals surface area contributed by atoms with Gasteiger partial charge in [0.15, 0.2) is 5.13 Å². The normalized spacial score (nSPS) is 24.0. The Kier molecular flexibility index (Phi) is 4.82. The molecule has 1 aliphatic carbocycles. The lowest BCUT2D eigenvalue weighted by Crippen LogP contribution is -2.42. The van der Waals surface area contributed by atoms with Crippen LogP contribution in [-0.2, 0) is 6.42 Å². The van der Waals surface area contributed by atoms with Crippen molar-refractivity contribution in [3.63, 3.8) is 0 Å². The highest BCUT2D eigenvalue weighted by atomic mass is 32.1. The lowest BCUT2D eigenvalue weighted by molar-refractivity contribution is 0.253. The maximum Gasteiger partial charge on any atom is 0.185 e. The van der Waals surface area contributed by atoms with Crippen LogP contribution < -0.4 is 10.2 Å². The van der Waals surface area contributed by atoms with Crippen LogP contribution in [0.3, 0.4) is 0 Å². The molecule has 21 heavy (non-hydrogen) atoms. The minimum absolute atomic E-state index is 0.481. The summed E-state index contributed by atoms with van der Waals surface area (Å²) in [5, 5.41) is 4.83. The monoisotopic (exact) mass is 308 g/mol. The third kappa shape index (κ3) is 3.25. The number of hydrogen-bond acceptors (Lipinski definition) is 5. The highest BCUT2D eigenvalue weighted by molar-refractivity contribution is 7.15. The molecule has 0 spiro atoms. The molecule has 1 aromatic rings. The maximum absolute atomic E-state index is 5.01. The number of aromatic nitrogens is 1. The zero-order valence-corrected chi connectivity index (χ0v) is 14.4. The molecule has 118 valence electrons. The van der Waals surface area contributed by atoms with Gasteiger partial charge in [0, 0.05) is 18.0 Å². The van der Waals surface area contributed by atoms with Gasteiger partial charge in [-0.3, -0.25) is 0 Å². The Morgan fingerprint density at radius 3 is 2.81 bits per heavy atom. The van der Waals surface area contributed by atoms with Crippen molar-refractivity contribution in [2.75, 3.05) is 38.6 Å². The van der Waals surface area contributed by atoms with Gasteiger partial charge in [-0.25, -0.2) is 4.98 Å². The number of anilines is 1. The van der Waals surface area contributed by atoms with Crippen LogP contribution in [0.1, 0.15) is 49.2 Å². The van der Waals surface area contributed by atoms with Crippen molar-refractivity contribution < 1.29 is 0 Å². The highest BCUT2D eigenvalue weighted by Crippen LogP contribution is 2.37. The van der Waals surface area contributed by atoms with Crippen LogP contribution in [0.4, 0.5) is 5.13 Å². The summed E-state index contributed by atoms with van der Waals surface area (Å²) < 4.78 is 0. The van der Waals surface area contributed by atoms with E-state index in [4.69, 9.17) is 4.98 Å². The van der Waals surface area contributed by atoms with Crippen LogP contribution >= 0.6 is 11.3 Å². The fourth-order valence-corrected chi connectivity index (χ4v) is 4.74. The summed E-state index contributed by atoms with van der Waals surface area (Å²) in [6, 6.07) is 1.14. The van der Waals surface area contributed by atoms with E-state index in [2.05, 4.69) is 36.1 Å². The van der Waals surface area contributed by atoms with E-state index in [1.165, 1.54) is 60.9 Å². The smallest absolute Gasteiger partial charge is 0.185 e. The van der Waals surface area contributed by atoms with Crippen molar-refractivity contribution in [1.29, 1.82) is 0 Å². The Hall–Kier alpha value is -0.650. The molecule has 1 atom stereocenters. The summed E-state index contributed by atoms with van der Waals surface area (Å²) in [4.78, 5) is 11.4. The molecule has 3 rings (SSSR count). The first-order valence-electron chi connectivity index (χ1n) is 8.33. The van der Waals surface area contributed by atoms with Crippen LogP contribution in [0.25, 0.3) is 0 Å². The molecule has 1 unspecified atom stereocenters. The lowest BCUT2D eigenvalue weighted by Gasteiger charge is -2.34. The summed E-state index contributed by atoms with van der Waals surface area (Å²) in [5.41, 5.74) is 1.34. The van der Waals surface area contributed by atoms with Gasteiger partial charge in [0.05, 0.1) is 11.7 Å². The van der Waals surface area contributed by atoms with Crippen LogP contribution in [0.2, 0.25) is 0 Å². The molecule has 1 aromatic heterocycles. The number of nitrogens with one attached hydrogen (secondary N) is 1. The van der Waals surface area contributed by atoms with Crippen molar-refractivity contribution in [3.8, 4) is 0 Å². The molecule has 2 aliphatic rings. The van der Waals surface area contributed by atoms with E-state index in [1.807, 2.05) is 11.3 Å². The van der Waals surface area contributed by atoms with Crippen LogP contribution in [0, 0.1) is 0 Å². The first-order chi connectivity index (χ1) is 10.2. The quantitative estimate of drug-likeness (QED) is 0.926. The van der Waals surface area contributed by atoms with Gasteiger partial charge in [-0.2, -0.15) is 0 Å². The molecular weight excluding hydrogens is 280 g/mol. The topological polar surface area (TPSA) is 31.4 Å². The number of nitrogens with zero attached hydrogens (tertiary/aromatic N) is 3. The van der Waals surface area contributed by atoms with E-state index in [0.29, 0.717) is 12.1 Å². The number of piperidine rings is 1. The minimum atomic E-state index is 0.481. The van der Waals surface area contributed by atoms with E-state index >= 15 is 0 Å². The number of rotatable bonds is 4. The Morgan fingerprint density at radius 1 is 1.33 bits per heavy atom. The average molecular weight is 308 g/mol. The van der Waals surface area contributed by atoms with Gasteiger partial charge in [-0.05, 0) is 58.8 Å². The second kappa shape index (κ2) is 6.63. The largest absolute Gasteiger partial charge is 0.348 e. The van der Waals surface area contributed by atoms with Gasteiger partial charge in [-0.1, -0.05) is 6.92 Å². The van der Waals surface area contributed by atoms with E-state index in [0.717, 1.165) is 6.54 Å². The maximum atomic E-state index is 5.01. The number of likely N-dealkylation sites (tertiary alicyclic amines) is 1. The summed E-state index contributed by atoms with van der Waals surface area (Å²) in [7, 11) is 4.46. The Bertz CT molecular complexity index is 465. The Morgan fingerprint density at radius 2 is 2.10 bits per heavy atom. The second-order valence-corrected chi connectivity index (χ2v) is 7.51. The zero-order chi connectivity index (χ0) is 14.8. The molecule has 1 N–H and O–H groups in total. The van der Waals surface area contributed by atoms with Gasteiger partial charge >= 0.3 is 0 Å². The molecule has 0 amide bonds. The molecular formula is C16H28N4S. The summed E-state index contributed by atoms with van der Waals surface area (Å²) >= 11 is 1.93. The van der Waals surface area contributed by atoms with Crippen molar-refractivity contribution in [2.45, 2.75) is 51.1 Å². The SMILES string of the molecule is CCNC1CCCc2sc(N(C)C3CCN(C)CC3)nc21. The van der Waals surface area contributed by atoms with Gasteiger partial charge in [-0.15, -0.1) is 11.3 Å². The van der Waals surface area contributed by atoms with Gasteiger partial charge in [0.1, 0.15) is 0 Å². The van der Waals surface area contributed by atoms with Crippen LogP contribution in [0.5, 0.6) is 0 Å². The number of hydrogen-bond donors (Lipinski definition) is 1. The van der Waals surface area contributed by atoms with Crippen LogP contribution in [-0.4, -0.2) is 49.7 Å². The molecule has 0 bridgehead atoms. The van der Waals surface area contributed by atoms with Crippen molar-refractivity contribution in [1.82, 2.24) is 15.2 Å². The summed E-state index contributed by atoms with van der Waals surface area (Å²) in [6.45, 7) is 5.63. The predicted octanol–water partition coefficient (Wildman–Crippen LogP) is 2.66. The van der Waals surface area contributed by atoms with Gasteiger partial charge < -0.3 is 15.1 Å². The van der Waals surface area contributed by atoms with E-state index < -0.39 is 0 Å². The van der Waals surface area contributed by atoms with Crippen molar-refractivity contribution in [3.05, 3.63) is 10.6 Å². The second-order valence-electron chi connectivity index (χ2n) is 6.45. The molecule has 1 aliphatic heterocycles. The highest BCUT2D eigenvalue weighted by Gasteiger charge is 2.27. The van der Waals surface area contributed by atoms with E-state index in [1.54, 1.807) is 0 Å². The molecule has 0 radical (unpaired) electrons. The molecule has 2 heterocycles. The predicted molar refractivity (Wildman–Crippen MR) is 90.4 cm³/mol. The van der Waals surface area contributed by atoms with E-state index in [-0.39, 0.29) is 0 Å². The average Bonchev–Trinajstić information content (AvgIpc) is 2.93. The van der Waals surface area contributed by atoms with Crippen LogP contribution in [0.15, 0.2) is 0 Å². The fraction of sp³-hybridized carbons (Fsp3) is 0.812. The first-order valence-corrected chi connectivity index (χ1v) is 9.15. The summed E-state index contributed by atoms with van der Waals surface area (Å²) in [6.07, 6.45) is 6.27. The van der Waals surface area contributed by atoms with Crippen molar-refractivity contribution >= 4 is 16.5 Å². The molecule has 4 nitrogen and oxygen atoms in total. The first kappa shape index (κ1) is 15.3. The molecule has 1 saturated heterocycles. The molecule has 0 saturated carbocycles.